The topological polar surface area (TPSA) is 346 Å². The number of aliphatic hydroxyl groups is 9. The highest BCUT2D eigenvalue weighted by Crippen LogP contribution is 2.76. The van der Waals surface area contributed by atoms with Crippen LogP contribution in [0.2, 0.25) is 0 Å². The third kappa shape index (κ3) is 10.0. The molecule has 4 aliphatic carbocycles. The van der Waals surface area contributed by atoms with Crippen molar-refractivity contribution in [2.24, 2.45) is 39.4 Å². The summed E-state index contributed by atoms with van der Waals surface area (Å²) in [5, 5.41) is 98.3. The minimum atomic E-state index is -4.95. The van der Waals surface area contributed by atoms with Gasteiger partial charge in [0.1, 0.15) is 84.6 Å². The van der Waals surface area contributed by atoms with Crippen LogP contribution in [0.15, 0.2) is 23.8 Å². The molecule has 0 radical (unpaired) electrons. The monoisotopic (exact) mass is 1120 g/mol. The molecule has 9 aliphatic rings. The van der Waals surface area contributed by atoms with Crippen molar-refractivity contribution in [2.75, 3.05) is 26.9 Å². The number of fused-ring (bicyclic) bond motifs is 5. The molecule has 3 saturated carbocycles. The number of carbonyl (C=O) groups excluding carboxylic acids is 1. The molecular formula is C53H84O23S. The Morgan fingerprint density at radius 1 is 0.818 bits per heavy atom. The van der Waals surface area contributed by atoms with Gasteiger partial charge in [-0.2, -0.15) is 8.42 Å². The van der Waals surface area contributed by atoms with Crippen LogP contribution in [0.5, 0.6) is 0 Å². The first-order chi connectivity index (χ1) is 36.0. The van der Waals surface area contributed by atoms with E-state index in [1.165, 1.54) is 19.6 Å². The molecule has 3 unspecified atom stereocenters. The summed E-state index contributed by atoms with van der Waals surface area (Å²) in [5.41, 5.74) is -1.06. The number of ether oxygens (including phenoxy) is 10. The fourth-order valence-electron chi connectivity index (χ4n) is 16.0. The summed E-state index contributed by atoms with van der Waals surface area (Å²) in [7, 11) is -3.74. The molecule has 0 aromatic carbocycles. The molecule has 440 valence electrons. The van der Waals surface area contributed by atoms with Crippen molar-refractivity contribution in [1.29, 1.82) is 0 Å². The lowest BCUT2D eigenvalue weighted by Gasteiger charge is -2.64. The standard InChI is InChI=1S/C53H84O23S/c1-23(2)11-10-16-52(8,63)43-28-19-51(7)26-12-13-31-49(4,5)32(15-17-50(31,6)25(26)14-18-53(43,51)48(62)72-28)73-47-42(34(57)30(22-69-47)77(64,65)66)76-45-36(59)35(58)39(24(3)70-45)74-44-37(60)40(27(55)21-68-44)75-46-38(61)41(67-9)33(56)29(20-54)71-46/h12,24-25,27-47,54-61,63H,1,10-11,13-22H2,2-9H3,(H,64,65,66)/t24-,25-,27-,28+,29-,30-,31?,32?,33-,34+,35-,36-,37-,38-,39-,40+,41+,42-,43-,44+,45+,46+,47+,50-,51+,52+,53?/m1/s1. The smallest absolute Gasteiger partial charge is 0.313 e. The van der Waals surface area contributed by atoms with Crippen molar-refractivity contribution in [3.8, 4) is 0 Å². The average molecular weight is 1120 g/mol. The minimum absolute atomic E-state index is 0.0289. The molecule has 27 atom stereocenters. The molecule has 24 heteroatoms. The molecule has 23 nitrogen and oxygen atoms in total. The maximum Gasteiger partial charge on any atom is 0.313 e. The van der Waals surface area contributed by atoms with Crippen LogP contribution in [0.3, 0.4) is 0 Å². The number of allylic oxidation sites excluding steroid dienone is 3. The second-order valence-corrected chi connectivity index (χ2v) is 26.7. The van der Waals surface area contributed by atoms with Crippen molar-refractivity contribution >= 4 is 16.1 Å². The predicted molar refractivity (Wildman–Crippen MR) is 265 cm³/mol. The van der Waals surface area contributed by atoms with Crippen LogP contribution < -0.4 is 0 Å². The van der Waals surface area contributed by atoms with Gasteiger partial charge in [0.05, 0.1) is 43.0 Å². The van der Waals surface area contributed by atoms with Gasteiger partial charge < -0.3 is 93.3 Å². The number of aliphatic hydroxyl groups excluding tert-OH is 8. The SMILES string of the molecule is C=C(C)CCC[C@](C)(O)[C@H]1[C@@H]2C[C@@]3(C)C4=CCC5C(C)(C)C(O[C@@H]6OC[C@@H](S(=O)(=O)O)[C@H](O)[C@H]6O[C@@H]6O[C@H](C)[C@@H](O[C@@H]7OC[C@@H](O)[C@H](O[C@@H]8O[C@H](CO)[C@@H](O)[C@H](OC)[C@H]8O)[C@H]7O)[C@H](O)[C@H]6O)CC[C@]5(C)[C@@H]4CCC13C(=O)O2. The fourth-order valence-corrected chi connectivity index (χ4v) is 16.8. The fraction of sp³-hybridized carbons (Fsp3) is 0.906. The van der Waals surface area contributed by atoms with Crippen LogP contribution in [-0.4, -0.2) is 219 Å². The summed E-state index contributed by atoms with van der Waals surface area (Å²) in [5.74, 6) is -0.427. The van der Waals surface area contributed by atoms with Crippen LogP contribution in [-0.2, 0) is 62.3 Å². The third-order valence-corrected chi connectivity index (χ3v) is 21.2. The number of hydrogen-bond donors (Lipinski definition) is 10. The Morgan fingerprint density at radius 2 is 1.47 bits per heavy atom. The molecule has 5 aliphatic heterocycles. The van der Waals surface area contributed by atoms with Crippen molar-refractivity contribution in [3.63, 3.8) is 0 Å². The summed E-state index contributed by atoms with van der Waals surface area (Å²) in [6.07, 6.45) is -20.1. The number of esters is 1. The number of rotatable bonds is 16. The van der Waals surface area contributed by atoms with Crippen molar-refractivity contribution < 1.29 is 111 Å². The van der Waals surface area contributed by atoms with Gasteiger partial charge >= 0.3 is 5.97 Å². The number of hydrogen-bond acceptors (Lipinski definition) is 22. The quantitative estimate of drug-likeness (QED) is 0.0557. The van der Waals surface area contributed by atoms with Crippen molar-refractivity contribution in [3.05, 3.63) is 23.8 Å². The molecule has 8 fully saturated rings. The van der Waals surface area contributed by atoms with Crippen LogP contribution in [0.25, 0.3) is 0 Å². The Kier molecular flexibility index (Phi) is 16.9. The maximum absolute atomic E-state index is 14.2. The molecule has 9 rings (SSSR count). The Bertz CT molecular complexity index is 2300. The Labute approximate surface area is 449 Å². The predicted octanol–water partition coefficient (Wildman–Crippen LogP) is 0.118. The summed E-state index contributed by atoms with van der Waals surface area (Å²) in [6.45, 7) is 16.2. The van der Waals surface area contributed by atoms with Gasteiger partial charge in [0.25, 0.3) is 10.1 Å². The van der Waals surface area contributed by atoms with E-state index in [0.29, 0.717) is 38.5 Å². The highest BCUT2D eigenvalue weighted by Gasteiger charge is 2.79. The second kappa shape index (κ2) is 21.7. The van der Waals surface area contributed by atoms with Crippen LogP contribution in [0.4, 0.5) is 0 Å². The van der Waals surface area contributed by atoms with Crippen molar-refractivity contribution in [1.82, 2.24) is 0 Å². The van der Waals surface area contributed by atoms with Gasteiger partial charge in [0.2, 0.25) is 0 Å². The first-order valence-electron chi connectivity index (χ1n) is 27.3. The van der Waals surface area contributed by atoms with Gasteiger partial charge in [-0.25, -0.2) is 0 Å². The van der Waals surface area contributed by atoms with Gasteiger partial charge in [-0.3, -0.25) is 9.35 Å². The van der Waals surface area contributed by atoms with E-state index in [9.17, 15) is 63.7 Å². The molecule has 2 bridgehead atoms. The summed E-state index contributed by atoms with van der Waals surface area (Å²) in [4.78, 5) is 14.2. The Hall–Kier alpha value is -1.86. The van der Waals surface area contributed by atoms with Crippen LogP contribution >= 0.6 is 0 Å². The van der Waals surface area contributed by atoms with E-state index < -0.39 is 174 Å². The summed E-state index contributed by atoms with van der Waals surface area (Å²) < 4.78 is 94.5. The molecule has 5 saturated heterocycles. The Balaban J connectivity index is 0.888. The van der Waals surface area contributed by atoms with Crippen LogP contribution in [0.1, 0.15) is 106 Å². The van der Waals surface area contributed by atoms with Gasteiger partial charge in [-0.15, -0.1) is 6.58 Å². The highest BCUT2D eigenvalue weighted by molar-refractivity contribution is 7.86. The summed E-state index contributed by atoms with van der Waals surface area (Å²) in [6, 6.07) is 0. The molecule has 0 aromatic heterocycles. The molecular weight excluding hydrogens is 1040 g/mol. The van der Waals surface area contributed by atoms with Gasteiger partial charge in [0, 0.05) is 18.4 Å². The summed E-state index contributed by atoms with van der Waals surface area (Å²) >= 11 is 0. The zero-order valence-corrected chi connectivity index (χ0v) is 46.1. The van der Waals surface area contributed by atoms with Gasteiger partial charge in [-0.05, 0) is 101 Å². The van der Waals surface area contributed by atoms with E-state index in [1.54, 1.807) is 0 Å². The minimum Gasteiger partial charge on any atom is -0.461 e. The molecule has 5 heterocycles. The van der Waals surface area contributed by atoms with E-state index >= 15 is 0 Å². The highest BCUT2D eigenvalue weighted by atomic mass is 32.2. The molecule has 10 N–H and O–H groups in total. The second-order valence-electron chi connectivity index (χ2n) is 25.0. The third-order valence-electron chi connectivity index (χ3n) is 20.0. The van der Waals surface area contributed by atoms with E-state index in [2.05, 4.69) is 40.3 Å². The first kappa shape index (κ1) is 59.8. The Morgan fingerprint density at radius 3 is 2.13 bits per heavy atom. The van der Waals surface area contributed by atoms with E-state index in [1.807, 2.05) is 13.8 Å². The molecule has 0 aromatic rings. The lowest BCUT2D eigenvalue weighted by Crippen LogP contribution is -2.66. The van der Waals surface area contributed by atoms with E-state index in [-0.39, 0.29) is 29.1 Å². The molecule has 77 heavy (non-hydrogen) atoms. The molecule has 0 amide bonds. The van der Waals surface area contributed by atoms with Gasteiger partial charge in [-0.1, -0.05) is 44.9 Å². The molecule has 1 spiro atoms. The lowest BCUT2D eigenvalue weighted by molar-refractivity contribution is -0.379. The largest absolute Gasteiger partial charge is 0.461 e. The lowest BCUT2D eigenvalue weighted by atomic mass is 9.40. The van der Waals surface area contributed by atoms with E-state index in [4.69, 9.17) is 47.4 Å². The van der Waals surface area contributed by atoms with Crippen molar-refractivity contribution in [2.45, 2.75) is 234 Å². The zero-order chi connectivity index (χ0) is 56.3. The first-order valence-corrected chi connectivity index (χ1v) is 28.8. The number of carbonyl (C=O) groups is 1. The average Bonchev–Trinajstić information content (AvgIpc) is 4.07. The normalized spacial score (nSPS) is 50.4. The van der Waals surface area contributed by atoms with Gasteiger partial charge in [0.15, 0.2) is 25.2 Å². The number of methoxy groups -OCH3 is 1. The zero-order valence-electron chi connectivity index (χ0n) is 45.2. The van der Waals surface area contributed by atoms with E-state index in [0.717, 1.165) is 24.8 Å². The maximum atomic E-state index is 14.2. The van der Waals surface area contributed by atoms with Crippen LogP contribution in [0, 0.1) is 39.4 Å².